The smallest absolute Gasteiger partial charge is 0.240 e. The predicted octanol–water partition coefficient (Wildman–Crippen LogP) is 0.471. The molecule has 0 radical (unpaired) electrons. The zero-order chi connectivity index (χ0) is 10.6. The Hall–Kier alpha value is -1.29. The Labute approximate surface area is 84.1 Å². The van der Waals surface area contributed by atoms with Gasteiger partial charge in [0.05, 0.1) is 0 Å². The van der Waals surface area contributed by atoms with Crippen molar-refractivity contribution in [2.45, 2.75) is 33.0 Å². The second kappa shape index (κ2) is 4.81. The van der Waals surface area contributed by atoms with Gasteiger partial charge in [-0.05, 0) is 25.5 Å². The van der Waals surface area contributed by atoms with E-state index in [1.165, 1.54) is 0 Å². The SMILES string of the molecule is CC(C)NC(=O)Cn1ccc(CN)c1. The second-order valence-corrected chi connectivity index (χ2v) is 3.62. The minimum atomic E-state index is 0.0270. The van der Waals surface area contributed by atoms with Crippen molar-refractivity contribution < 1.29 is 4.79 Å². The molecule has 0 aliphatic carbocycles. The van der Waals surface area contributed by atoms with Crippen LogP contribution in [-0.2, 0) is 17.9 Å². The standard InChI is InChI=1S/C10H17N3O/c1-8(2)12-10(14)7-13-4-3-9(5-11)6-13/h3-4,6,8H,5,7,11H2,1-2H3,(H,12,14). The zero-order valence-corrected chi connectivity index (χ0v) is 8.66. The highest BCUT2D eigenvalue weighted by molar-refractivity contribution is 5.75. The maximum Gasteiger partial charge on any atom is 0.240 e. The van der Waals surface area contributed by atoms with Crippen LogP contribution in [0.5, 0.6) is 0 Å². The lowest BCUT2D eigenvalue weighted by atomic mass is 10.3. The van der Waals surface area contributed by atoms with E-state index in [1.54, 1.807) is 0 Å². The molecular formula is C10H17N3O. The molecule has 1 rings (SSSR count). The molecule has 0 aromatic carbocycles. The van der Waals surface area contributed by atoms with E-state index in [2.05, 4.69) is 5.32 Å². The number of nitrogens with two attached hydrogens (primary N) is 1. The highest BCUT2D eigenvalue weighted by Crippen LogP contribution is 1.99. The molecular weight excluding hydrogens is 178 g/mol. The van der Waals surface area contributed by atoms with Crippen LogP contribution in [0, 0.1) is 0 Å². The summed E-state index contributed by atoms with van der Waals surface area (Å²) in [5.74, 6) is 0.0270. The first-order chi connectivity index (χ1) is 6.61. The van der Waals surface area contributed by atoms with Crippen molar-refractivity contribution in [3.63, 3.8) is 0 Å². The molecule has 0 unspecified atom stereocenters. The van der Waals surface area contributed by atoms with Crippen molar-refractivity contribution in [2.75, 3.05) is 0 Å². The van der Waals surface area contributed by atoms with Crippen LogP contribution in [0.2, 0.25) is 0 Å². The zero-order valence-electron chi connectivity index (χ0n) is 8.66. The summed E-state index contributed by atoms with van der Waals surface area (Å²) in [4.78, 5) is 11.4. The van der Waals surface area contributed by atoms with Gasteiger partial charge in [0.15, 0.2) is 0 Å². The maximum atomic E-state index is 11.4. The summed E-state index contributed by atoms with van der Waals surface area (Å²) < 4.78 is 1.83. The summed E-state index contributed by atoms with van der Waals surface area (Å²) >= 11 is 0. The fraction of sp³-hybridized carbons (Fsp3) is 0.500. The Morgan fingerprint density at radius 3 is 2.86 bits per heavy atom. The summed E-state index contributed by atoms with van der Waals surface area (Å²) in [5, 5.41) is 2.83. The van der Waals surface area contributed by atoms with Crippen molar-refractivity contribution in [3.8, 4) is 0 Å². The molecule has 14 heavy (non-hydrogen) atoms. The Balaban J connectivity index is 2.47. The van der Waals surface area contributed by atoms with Crippen LogP contribution in [0.3, 0.4) is 0 Å². The molecule has 1 aromatic rings. The first-order valence-corrected chi connectivity index (χ1v) is 4.76. The Bertz CT molecular complexity index is 304. The number of carbonyl (C=O) groups is 1. The average Bonchev–Trinajstić information content (AvgIpc) is 2.50. The predicted molar refractivity (Wildman–Crippen MR) is 55.6 cm³/mol. The molecule has 0 fully saturated rings. The topological polar surface area (TPSA) is 60.0 Å². The fourth-order valence-corrected chi connectivity index (χ4v) is 1.24. The van der Waals surface area contributed by atoms with Gasteiger partial charge in [-0.15, -0.1) is 0 Å². The average molecular weight is 195 g/mol. The fourth-order valence-electron chi connectivity index (χ4n) is 1.24. The highest BCUT2D eigenvalue weighted by atomic mass is 16.2. The van der Waals surface area contributed by atoms with Gasteiger partial charge in [-0.1, -0.05) is 0 Å². The van der Waals surface area contributed by atoms with Crippen LogP contribution in [-0.4, -0.2) is 16.5 Å². The van der Waals surface area contributed by atoms with E-state index in [0.717, 1.165) is 5.56 Å². The number of aromatic nitrogens is 1. The largest absolute Gasteiger partial charge is 0.352 e. The third-order valence-electron chi connectivity index (χ3n) is 1.82. The van der Waals surface area contributed by atoms with E-state index in [0.29, 0.717) is 13.1 Å². The van der Waals surface area contributed by atoms with E-state index in [1.807, 2.05) is 36.9 Å². The van der Waals surface area contributed by atoms with Crippen LogP contribution >= 0.6 is 0 Å². The van der Waals surface area contributed by atoms with Crippen molar-refractivity contribution in [2.24, 2.45) is 5.73 Å². The molecule has 0 aliphatic rings. The molecule has 0 saturated carbocycles. The Morgan fingerprint density at radius 2 is 2.36 bits per heavy atom. The number of hydrogen-bond donors (Lipinski definition) is 2. The van der Waals surface area contributed by atoms with E-state index < -0.39 is 0 Å². The van der Waals surface area contributed by atoms with Gasteiger partial charge in [0.1, 0.15) is 6.54 Å². The molecule has 0 aliphatic heterocycles. The lowest BCUT2D eigenvalue weighted by Gasteiger charge is -2.08. The van der Waals surface area contributed by atoms with Crippen molar-refractivity contribution in [1.82, 2.24) is 9.88 Å². The summed E-state index contributed by atoms with van der Waals surface area (Å²) in [7, 11) is 0. The number of amides is 1. The number of hydrogen-bond acceptors (Lipinski definition) is 2. The van der Waals surface area contributed by atoms with Crippen molar-refractivity contribution in [3.05, 3.63) is 24.0 Å². The molecule has 1 heterocycles. The van der Waals surface area contributed by atoms with Crippen LogP contribution in [0.4, 0.5) is 0 Å². The minimum absolute atomic E-state index is 0.0270. The molecule has 0 atom stereocenters. The van der Waals surface area contributed by atoms with Crippen LogP contribution < -0.4 is 11.1 Å². The first kappa shape index (κ1) is 10.8. The van der Waals surface area contributed by atoms with Crippen molar-refractivity contribution in [1.29, 1.82) is 0 Å². The van der Waals surface area contributed by atoms with Gasteiger partial charge in [0.25, 0.3) is 0 Å². The normalized spacial score (nSPS) is 10.6. The monoisotopic (exact) mass is 195 g/mol. The van der Waals surface area contributed by atoms with E-state index in [-0.39, 0.29) is 11.9 Å². The molecule has 0 spiro atoms. The van der Waals surface area contributed by atoms with Gasteiger partial charge in [-0.3, -0.25) is 4.79 Å². The van der Waals surface area contributed by atoms with Gasteiger partial charge < -0.3 is 15.6 Å². The van der Waals surface area contributed by atoms with Gasteiger partial charge in [-0.2, -0.15) is 0 Å². The number of rotatable bonds is 4. The minimum Gasteiger partial charge on any atom is -0.352 e. The van der Waals surface area contributed by atoms with Crippen LogP contribution in [0.1, 0.15) is 19.4 Å². The number of carbonyl (C=O) groups excluding carboxylic acids is 1. The summed E-state index contributed by atoms with van der Waals surface area (Å²) in [6, 6.07) is 2.11. The highest BCUT2D eigenvalue weighted by Gasteiger charge is 2.03. The number of nitrogens with zero attached hydrogens (tertiary/aromatic N) is 1. The lowest BCUT2D eigenvalue weighted by Crippen LogP contribution is -2.32. The third kappa shape index (κ3) is 3.22. The summed E-state index contributed by atoms with van der Waals surface area (Å²) in [5.41, 5.74) is 6.50. The Kier molecular flexibility index (Phi) is 3.71. The van der Waals surface area contributed by atoms with E-state index in [4.69, 9.17) is 5.73 Å². The van der Waals surface area contributed by atoms with Gasteiger partial charge in [0, 0.05) is 25.0 Å². The van der Waals surface area contributed by atoms with E-state index in [9.17, 15) is 4.79 Å². The molecule has 0 bridgehead atoms. The van der Waals surface area contributed by atoms with Gasteiger partial charge in [-0.25, -0.2) is 0 Å². The van der Waals surface area contributed by atoms with E-state index >= 15 is 0 Å². The summed E-state index contributed by atoms with van der Waals surface area (Å²) in [6.07, 6.45) is 3.75. The third-order valence-corrected chi connectivity index (χ3v) is 1.82. The van der Waals surface area contributed by atoms with Gasteiger partial charge >= 0.3 is 0 Å². The van der Waals surface area contributed by atoms with Gasteiger partial charge in [0.2, 0.25) is 5.91 Å². The second-order valence-electron chi connectivity index (χ2n) is 3.62. The Morgan fingerprint density at radius 1 is 1.64 bits per heavy atom. The number of nitrogens with one attached hydrogen (secondary N) is 1. The van der Waals surface area contributed by atoms with Crippen LogP contribution in [0.15, 0.2) is 18.5 Å². The molecule has 1 aromatic heterocycles. The first-order valence-electron chi connectivity index (χ1n) is 4.76. The molecule has 0 saturated heterocycles. The summed E-state index contributed by atoms with van der Waals surface area (Å²) in [6.45, 7) is 4.76. The molecule has 78 valence electrons. The quantitative estimate of drug-likeness (QED) is 0.733. The van der Waals surface area contributed by atoms with Crippen LogP contribution in [0.25, 0.3) is 0 Å². The molecule has 4 heteroatoms. The lowest BCUT2D eigenvalue weighted by molar-refractivity contribution is -0.122. The molecule has 1 amide bonds. The molecule has 4 nitrogen and oxygen atoms in total. The maximum absolute atomic E-state index is 11.4. The molecule has 3 N–H and O–H groups in total. The van der Waals surface area contributed by atoms with Crippen molar-refractivity contribution >= 4 is 5.91 Å².